The van der Waals surface area contributed by atoms with Crippen molar-refractivity contribution >= 4 is 39.0 Å². The number of aromatic nitrogens is 2. The Balaban J connectivity index is 1.76. The molecule has 0 spiro atoms. The van der Waals surface area contributed by atoms with Gasteiger partial charge in [0.2, 0.25) is 5.28 Å². The van der Waals surface area contributed by atoms with E-state index >= 15 is 0 Å². The van der Waals surface area contributed by atoms with Crippen LogP contribution in [0.5, 0.6) is 0 Å². The third-order valence-electron chi connectivity index (χ3n) is 5.29. The molecule has 27 heavy (non-hydrogen) atoms. The van der Waals surface area contributed by atoms with Crippen LogP contribution in [-0.2, 0) is 0 Å². The molecule has 1 aromatic carbocycles. The Morgan fingerprint density at radius 1 is 1.11 bits per heavy atom. The van der Waals surface area contributed by atoms with E-state index in [9.17, 15) is 0 Å². The first-order chi connectivity index (χ1) is 13.1. The molecule has 1 aliphatic heterocycles. The molecular formula is C20H23ClN4OS. The zero-order valence-corrected chi connectivity index (χ0v) is 17.1. The van der Waals surface area contributed by atoms with Crippen LogP contribution in [0.3, 0.4) is 0 Å². The van der Waals surface area contributed by atoms with Crippen LogP contribution in [0.25, 0.3) is 21.3 Å². The lowest BCUT2D eigenvalue weighted by molar-refractivity contribution is 0.188. The molecule has 142 valence electrons. The Hall–Kier alpha value is -1.73. The maximum Gasteiger partial charge on any atom is 0.225 e. The minimum atomic E-state index is 0.199. The van der Waals surface area contributed by atoms with Crippen LogP contribution in [-0.4, -0.2) is 59.3 Å². The lowest BCUT2D eigenvalue weighted by atomic mass is 10.0. The number of hydrogen-bond acceptors (Lipinski definition) is 6. The van der Waals surface area contributed by atoms with Gasteiger partial charge in [0.15, 0.2) is 0 Å². The smallest absolute Gasteiger partial charge is 0.225 e. The first-order valence-corrected chi connectivity index (χ1v) is 10.4. The summed E-state index contributed by atoms with van der Waals surface area (Å²) in [5, 5.41) is 12.7. The number of halogens is 1. The summed E-state index contributed by atoms with van der Waals surface area (Å²) in [5.41, 5.74) is 4.93. The zero-order chi connectivity index (χ0) is 19.0. The zero-order valence-electron chi connectivity index (χ0n) is 15.6. The Morgan fingerprint density at radius 3 is 2.59 bits per heavy atom. The molecule has 1 saturated heterocycles. The summed E-state index contributed by atoms with van der Waals surface area (Å²) in [7, 11) is 0. The van der Waals surface area contributed by atoms with Gasteiger partial charge in [-0.2, -0.15) is 4.98 Å². The Bertz CT molecular complexity index is 966. The highest BCUT2D eigenvalue weighted by Gasteiger charge is 2.23. The van der Waals surface area contributed by atoms with E-state index in [1.165, 1.54) is 22.3 Å². The number of aliphatic hydroxyl groups is 1. The van der Waals surface area contributed by atoms with Crippen LogP contribution in [0.4, 0.5) is 5.82 Å². The fraction of sp³-hybridized carbons (Fsp3) is 0.400. The normalized spacial score (nSPS) is 15.6. The average molecular weight is 403 g/mol. The molecule has 3 heterocycles. The fourth-order valence-electron chi connectivity index (χ4n) is 3.57. The molecule has 3 aromatic rings. The topological polar surface area (TPSA) is 52.5 Å². The third kappa shape index (κ3) is 3.67. The second-order valence-corrected chi connectivity index (χ2v) is 8.19. The molecule has 0 amide bonds. The van der Waals surface area contributed by atoms with Crippen LogP contribution in [0.15, 0.2) is 23.6 Å². The number of benzene rings is 1. The van der Waals surface area contributed by atoms with Crippen molar-refractivity contribution in [3.63, 3.8) is 0 Å². The molecule has 0 saturated carbocycles. The van der Waals surface area contributed by atoms with Crippen LogP contribution in [0, 0.1) is 13.8 Å². The van der Waals surface area contributed by atoms with Crippen LogP contribution in [0.2, 0.25) is 5.28 Å². The fourth-order valence-corrected chi connectivity index (χ4v) is 4.73. The summed E-state index contributed by atoms with van der Waals surface area (Å²) in [4.78, 5) is 14.6. The summed E-state index contributed by atoms with van der Waals surface area (Å²) >= 11 is 7.85. The standard InChI is InChI=1S/C20H23ClN4OS/c1-13-3-4-15(11-14(13)2)16-12-27-19-17(16)18(22-20(21)23-19)25-7-5-24(6-8-25)9-10-26/h3-4,11-12,26H,5-10H2,1-2H3. The summed E-state index contributed by atoms with van der Waals surface area (Å²) in [6.07, 6.45) is 0. The predicted molar refractivity (Wildman–Crippen MR) is 113 cm³/mol. The van der Waals surface area contributed by atoms with Crippen molar-refractivity contribution in [2.24, 2.45) is 0 Å². The molecule has 0 aliphatic carbocycles. The van der Waals surface area contributed by atoms with Gasteiger partial charge in [-0.05, 0) is 42.1 Å². The van der Waals surface area contributed by atoms with Gasteiger partial charge in [0.05, 0.1) is 12.0 Å². The summed E-state index contributed by atoms with van der Waals surface area (Å²) in [6.45, 7) is 8.74. The SMILES string of the molecule is Cc1ccc(-c2csc3nc(Cl)nc(N4CCN(CCO)CC4)c23)cc1C. The van der Waals surface area contributed by atoms with Gasteiger partial charge in [0, 0.05) is 43.7 Å². The second kappa shape index (κ2) is 7.72. The van der Waals surface area contributed by atoms with E-state index in [2.05, 4.69) is 57.2 Å². The molecule has 0 unspecified atom stereocenters. The lowest BCUT2D eigenvalue weighted by Gasteiger charge is -2.35. The highest BCUT2D eigenvalue weighted by Crippen LogP contribution is 2.39. The molecule has 0 atom stereocenters. The van der Waals surface area contributed by atoms with Crippen LogP contribution >= 0.6 is 22.9 Å². The number of nitrogens with zero attached hydrogens (tertiary/aromatic N) is 4. The number of thiophene rings is 1. The minimum absolute atomic E-state index is 0.199. The minimum Gasteiger partial charge on any atom is -0.395 e. The van der Waals surface area contributed by atoms with Crippen LogP contribution in [0.1, 0.15) is 11.1 Å². The second-order valence-electron chi connectivity index (χ2n) is 7.00. The summed E-state index contributed by atoms with van der Waals surface area (Å²) in [6, 6.07) is 6.56. The van der Waals surface area contributed by atoms with Gasteiger partial charge in [-0.15, -0.1) is 11.3 Å². The molecule has 1 fully saturated rings. The first-order valence-electron chi connectivity index (χ1n) is 9.17. The van der Waals surface area contributed by atoms with Gasteiger partial charge >= 0.3 is 0 Å². The molecule has 5 nitrogen and oxygen atoms in total. The van der Waals surface area contributed by atoms with Gasteiger partial charge in [-0.1, -0.05) is 18.2 Å². The summed E-state index contributed by atoms with van der Waals surface area (Å²) in [5.74, 6) is 0.920. The highest BCUT2D eigenvalue weighted by atomic mass is 35.5. The number of aliphatic hydroxyl groups excluding tert-OH is 1. The van der Waals surface area contributed by atoms with Crippen molar-refractivity contribution in [2.75, 3.05) is 44.2 Å². The molecule has 2 aromatic heterocycles. The van der Waals surface area contributed by atoms with E-state index in [4.69, 9.17) is 16.7 Å². The maximum absolute atomic E-state index is 9.16. The molecule has 1 N–H and O–H groups in total. The molecule has 0 radical (unpaired) electrons. The summed E-state index contributed by atoms with van der Waals surface area (Å²) < 4.78 is 0. The van der Waals surface area contributed by atoms with Gasteiger partial charge in [-0.25, -0.2) is 4.98 Å². The highest BCUT2D eigenvalue weighted by molar-refractivity contribution is 7.17. The molecule has 0 bridgehead atoms. The van der Waals surface area contributed by atoms with Gasteiger partial charge in [0.25, 0.3) is 0 Å². The molecule has 7 heteroatoms. The van der Waals surface area contributed by atoms with Gasteiger partial charge < -0.3 is 10.0 Å². The van der Waals surface area contributed by atoms with E-state index in [-0.39, 0.29) is 6.61 Å². The quantitative estimate of drug-likeness (QED) is 0.673. The molecular weight excluding hydrogens is 380 g/mol. The van der Waals surface area contributed by atoms with Crippen LogP contribution < -0.4 is 4.90 Å². The van der Waals surface area contributed by atoms with E-state index in [0.29, 0.717) is 5.28 Å². The third-order valence-corrected chi connectivity index (χ3v) is 6.33. The number of β-amino-alcohol motifs (C(OH)–C–C–N with tert-alkyl or cyclic N) is 1. The van der Waals surface area contributed by atoms with Crippen molar-refractivity contribution < 1.29 is 5.11 Å². The lowest BCUT2D eigenvalue weighted by Crippen LogP contribution is -2.47. The van der Waals surface area contributed by atoms with E-state index in [0.717, 1.165) is 48.8 Å². The van der Waals surface area contributed by atoms with Gasteiger partial charge in [0.1, 0.15) is 10.6 Å². The van der Waals surface area contributed by atoms with E-state index in [1.54, 1.807) is 11.3 Å². The Kier molecular flexibility index (Phi) is 5.32. The van der Waals surface area contributed by atoms with E-state index in [1.807, 2.05) is 0 Å². The van der Waals surface area contributed by atoms with Crippen molar-refractivity contribution in [3.8, 4) is 11.1 Å². The number of piperazine rings is 1. The molecule has 1 aliphatic rings. The number of anilines is 1. The van der Waals surface area contributed by atoms with Gasteiger partial charge in [-0.3, -0.25) is 4.90 Å². The monoisotopic (exact) mass is 402 g/mol. The maximum atomic E-state index is 9.16. The van der Waals surface area contributed by atoms with Crippen molar-refractivity contribution in [3.05, 3.63) is 40.0 Å². The largest absolute Gasteiger partial charge is 0.395 e. The van der Waals surface area contributed by atoms with Crippen molar-refractivity contribution in [2.45, 2.75) is 13.8 Å². The van der Waals surface area contributed by atoms with Crippen molar-refractivity contribution in [1.29, 1.82) is 0 Å². The Morgan fingerprint density at radius 2 is 1.89 bits per heavy atom. The predicted octanol–water partition coefficient (Wildman–Crippen LogP) is 3.74. The first kappa shape index (κ1) is 18.6. The number of fused-ring (bicyclic) bond motifs is 1. The number of rotatable bonds is 4. The molecule has 4 rings (SSSR count). The number of aryl methyl sites for hydroxylation is 2. The Labute approximate surface area is 168 Å². The number of hydrogen-bond donors (Lipinski definition) is 1. The van der Waals surface area contributed by atoms with E-state index < -0.39 is 0 Å². The average Bonchev–Trinajstić information content (AvgIpc) is 3.08. The van der Waals surface area contributed by atoms with Crippen molar-refractivity contribution in [1.82, 2.24) is 14.9 Å².